The fraction of sp³-hybridized carbons (Fsp3) is 0.273. The largest absolute Gasteiger partial charge is 0.587 e. The van der Waals surface area contributed by atoms with E-state index in [0.29, 0.717) is 17.9 Å². The highest BCUT2D eigenvalue weighted by molar-refractivity contribution is 7.49. The van der Waals surface area contributed by atoms with Gasteiger partial charge in [-0.1, -0.05) is 43.3 Å². The zero-order valence-corrected chi connectivity index (χ0v) is 18.8. The Hall–Kier alpha value is -3.13. The number of hydrogen-bond acceptors (Lipinski definition) is 8. The van der Waals surface area contributed by atoms with Gasteiger partial charge >= 0.3 is 13.5 Å². The number of aromatic nitrogens is 2. The maximum atomic E-state index is 13.4. The van der Waals surface area contributed by atoms with Gasteiger partial charge in [0.1, 0.15) is 23.5 Å². The van der Waals surface area contributed by atoms with Gasteiger partial charge in [0, 0.05) is 6.20 Å². The molecule has 2 aromatic carbocycles. The van der Waals surface area contributed by atoms with Crippen LogP contribution in [0.25, 0.3) is 0 Å². The van der Waals surface area contributed by atoms with Crippen molar-refractivity contribution >= 4 is 13.6 Å². The quantitative estimate of drug-likeness (QED) is 0.419. The van der Waals surface area contributed by atoms with E-state index in [1.165, 1.54) is 16.8 Å². The molecule has 1 aromatic heterocycles. The first-order chi connectivity index (χ1) is 15.4. The van der Waals surface area contributed by atoms with Gasteiger partial charge in [-0.2, -0.15) is 4.98 Å². The second kappa shape index (κ2) is 10.9. The van der Waals surface area contributed by atoms with Crippen LogP contribution in [-0.4, -0.2) is 22.3 Å². The van der Waals surface area contributed by atoms with Crippen LogP contribution >= 0.6 is 7.82 Å². The molecule has 2 atom stereocenters. The van der Waals surface area contributed by atoms with E-state index in [9.17, 15) is 9.36 Å². The summed E-state index contributed by atoms with van der Waals surface area (Å²) >= 11 is 0. The number of rotatable bonds is 11. The lowest BCUT2D eigenvalue weighted by molar-refractivity contribution is -0.0666. The molecule has 0 saturated heterocycles. The first-order valence-corrected chi connectivity index (χ1v) is 11.6. The van der Waals surface area contributed by atoms with Gasteiger partial charge in [0.25, 0.3) is 0 Å². The van der Waals surface area contributed by atoms with Crippen LogP contribution in [0.3, 0.4) is 0 Å². The van der Waals surface area contributed by atoms with Gasteiger partial charge in [-0.05, 0) is 43.7 Å². The maximum absolute atomic E-state index is 13.4. The highest BCUT2D eigenvalue weighted by Gasteiger charge is 2.32. The third kappa shape index (κ3) is 6.68. The molecule has 0 aliphatic rings. The summed E-state index contributed by atoms with van der Waals surface area (Å²) in [5.74, 6) is 0.813. The van der Waals surface area contributed by atoms with Crippen molar-refractivity contribution in [3.8, 4) is 11.5 Å². The molecule has 3 aromatic rings. The molecule has 0 fully saturated rings. The second-order valence-corrected chi connectivity index (χ2v) is 8.38. The Kier molecular flexibility index (Phi) is 8.05. The number of phosphoric acid groups is 1. The van der Waals surface area contributed by atoms with Gasteiger partial charge in [0.05, 0.1) is 12.7 Å². The number of nitrogens with zero attached hydrogens (tertiary/aromatic N) is 2. The topological polar surface area (TPSA) is 115 Å². The third-order valence-corrected chi connectivity index (χ3v) is 5.76. The van der Waals surface area contributed by atoms with E-state index in [0.717, 1.165) is 0 Å². The Morgan fingerprint density at radius 3 is 2.06 bits per heavy atom. The first-order valence-electron chi connectivity index (χ1n) is 10.1. The van der Waals surface area contributed by atoms with E-state index in [1.807, 2.05) is 19.1 Å². The lowest BCUT2D eigenvalue weighted by Crippen LogP contribution is -2.31. The van der Waals surface area contributed by atoms with Gasteiger partial charge in [-0.15, -0.1) is 0 Å². The average Bonchev–Trinajstić information content (AvgIpc) is 2.77. The summed E-state index contributed by atoms with van der Waals surface area (Å²) in [6, 6.07) is 18.7. The second-order valence-electron chi connectivity index (χ2n) is 6.86. The van der Waals surface area contributed by atoms with Crippen molar-refractivity contribution in [1.29, 1.82) is 0 Å². The molecule has 0 bridgehead atoms. The molecule has 0 radical (unpaired) electrons. The number of nitrogen functional groups attached to an aromatic ring is 1. The monoisotopic (exact) mass is 459 g/mol. The summed E-state index contributed by atoms with van der Waals surface area (Å²) in [4.78, 5) is 15.7. The van der Waals surface area contributed by atoms with Gasteiger partial charge in [-0.25, -0.2) is 9.36 Å². The highest BCUT2D eigenvalue weighted by Crippen LogP contribution is 2.49. The Balaban J connectivity index is 1.71. The Labute approximate surface area is 186 Å². The molecule has 170 valence electrons. The lowest BCUT2D eigenvalue weighted by atomic mass is 10.3. The molecule has 2 unspecified atom stereocenters. The highest BCUT2D eigenvalue weighted by atomic mass is 31.2. The fourth-order valence-corrected chi connectivity index (χ4v) is 4.02. The van der Waals surface area contributed by atoms with Gasteiger partial charge < -0.3 is 19.5 Å². The molecule has 10 heteroatoms. The van der Waals surface area contributed by atoms with Crippen LogP contribution in [0.15, 0.2) is 77.7 Å². The van der Waals surface area contributed by atoms with Crippen LogP contribution < -0.4 is 20.5 Å². The van der Waals surface area contributed by atoms with Crippen molar-refractivity contribution in [1.82, 2.24) is 9.55 Å². The Morgan fingerprint density at radius 2 is 1.56 bits per heavy atom. The molecule has 2 N–H and O–H groups in total. The van der Waals surface area contributed by atoms with Crippen molar-refractivity contribution in [2.75, 3.05) is 12.3 Å². The summed E-state index contributed by atoms with van der Waals surface area (Å²) in [5.41, 5.74) is 5.00. The number of para-hydroxylation sites is 2. The molecule has 0 spiro atoms. The van der Waals surface area contributed by atoms with Crippen molar-refractivity contribution in [3.05, 3.63) is 83.4 Å². The van der Waals surface area contributed by atoms with Gasteiger partial charge in [0.15, 0.2) is 0 Å². The van der Waals surface area contributed by atoms with Crippen molar-refractivity contribution in [2.24, 2.45) is 0 Å². The number of ether oxygens (including phenoxy) is 1. The van der Waals surface area contributed by atoms with Gasteiger partial charge in [0.2, 0.25) is 0 Å². The standard InChI is InChI=1S/C22H26N3O6P/c1-3-18(29-17(2)25-15-14-21(23)24-22(25)26)16-28-32(27,30-19-10-6-4-7-11-19)31-20-12-8-5-9-13-20/h4-15,17-18H,3,16H2,1-2H3,(H2,23,24,26). The molecule has 0 saturated carbocycles. The smallest absolute Gasteiger partial charge is 0.395 e. The summed E-state index contributed by atoms with van der Waals surface area (Å²) in [6.07, 6.45) is 0.887. The maximum Gasteiger partial charge on any atom is 0.587 e. The molecular formula is C22H26N3O6P. The van der Waals surface area contributed by atoms with E-state index in [2.05, 4.69) is 4.98 Å². The Bertz CT molecular complexity index is 1050. The third-order valence-electron chi connectivity index (χ3n) is 4.43. The number of benzene rings is 2. The number of hydrogen-bond donors (Lipinski definition) is 1. The minimum Gasteiger partial charge on any atom is -0.395 e. The zero-order valence-electron chi connectivity index (χ0n) is 17.9. The number of anilines is 1. The number of nitrogens with two attached hydrogens (primary N) is 1. The van der Waals surface area contributed by atoms with Gasteiger partial charge in [-0.3, -0.25) is 9.09 Å². The SMILES string of the molecule is CCC(COP(=O)(Oc1ccccc1)Oc1ccccc1)OC(C)n1ccc(N)nc1=O. The predicted octanol–water partition coefficient (Wildman–Crippen LogP) is 4.42. The normalized spacial score (nSPS) is 13.3. The fourth-order valence-electron chi connectivity index (χ4n) is 2.77. The molecule has 0 amide bonds. The summed E-state index contributed by atoms with van der Waals surface area (Å²) < 4.78 is 37.5. The average molecular weight is 459 g/mol. The van der Waals surface area contributed by atoms with Crippen molar-refractivity contribution in [3.63, 3.8) is 0 Å². The Morgan fingerprint density at radius 1 is 1.00 bits per heavy atom. The van der Waals surface area contributed by atoms with E-state index >= 15 is 0 Å². The molecular weight excluding hydrogens is 433 g/mol. The van der Waals surface area contributed by atoms with E-state index in [4.69, 9.17) is 24.0 Å². The van der Waals surface area contributed by atoms with E-state index in [-0.39, 0.29) is 12.4 Å². The van der Waals surface area contributed by atoms with Crippen LogP contribution in [0.4, 0.5) is 5.82 Å². The molecule has 9 nitrogen and oxygen atoms in total. The van der Waals surface area contributed by atoms with Crippen LogP contribution in [0.5, 0.6) is 11.5 Å². The summed E-state index contributed by atoms with van der Waals surface area (Å²) in [5, 5.41) is 0. The van der Waals surface area contributed by atoms with E-state index < -0.39 is 25.8 Å². The molecule has 1 heterocycles. The molecule has 0 aliphatic carbocycles. The minimum atomic E-state index is -4.04. The summed E-state index contributed by atoms with van der Waals surface area (Å²) in [6.45, 7) is 3.49. The zero-order chi connectivity index (χ0) is 23.0. The lowest BCUT2D eigenvalue weighted by Gasteiger charge is -2.25. The first kappa shape index (κ1) is 23.5. The molecule has 0 aliphatic heterocycles. The van der Waals surface area contributed by atoms with Crippen LogP contribution in [0.2, 0.25) is 0 Å². The number of phosphoric ester groups is 1. The van der Waals surface area contributed by atoms with E-state index in [1.54, 1.807) is 55.5 Å². The van der Waals surface area contributed by atoms with Crippen LogP contribution in [0.1, 0.15) is 26.5 Å². The molecule has 32 heavy (non-hydrogen) atoms. The predicted molar refractivity (Wildman–Crippen MR) is 120 cm³/mol. The molecule has 3 rings (SSSR count). The van der Waals surface area contributed by atoms with Crippen LogP contribution in [0, 0.1) is 0 Å². The van der Waals surface area contributed by atoms with Crippen molar-refractivity contribution in [2.45, 2.75) is 32.6 Å². The minimum absolute atomic E-state index is 0.0884. The van der Waals surface area contributed by atoms with Crippen LogP contribution in [-0.2, 0) is 13.8 Å². The van der Waals surface area contributed by atoms with Crippen molar-refractivity contribution < 1.29 is 22.9 Å². The summed E-state index contributed by atoms with van der Waals surface area (Å²) in [7, 11) is -4.04.